The van der Waals surface area contributed by atoms with Gasteiger partial charge in [-0.25, -0.2) is 4.39 Å². The van der Waals surface area contributed by atoms with E-state index in [-0.39, 0.29) is 5.82 Å². The highest BCUT2D eigenvalue weighted by atomic mass is 32.2. The van der Waals surface area contributed by atoms with Crippen molar-refractivity contribution >= 4 is 23.1 Å². The van der Waals surface area contributed by atoms with Gasteiger partial charge in [-0.05, 0) is 42.5 Å². The van der Waals surface area contributed by atoms with E-state index in [1.807, 2.05) is 12.1 Å². The van der Waals surface area contributed by atoms with Crippen LogP contribution in [-0.4, -0.2) is 0 Å². The zero-order valence-corrected chi connectivity index (χ0v) is 9.30. The first-order chi connectivity index (χ1) is 7.65. The van der Waals surface area contributed by atoms with Crippen LogP contribution in [-0.2, 0) is 0 Å². The van der Waals surface area contributed by atoms with Gasteiger partial charge in [-0.15, -0.1) is 0 Å². The molecule has 2 aromatic carbocycles. The molecular weight excluding hydrogens is 223 g/mol. The average molecular weight is 234 g/mol. The third-order valence-electron chi connectivity index (χ3n) is 2.11. The van der Waals surface area contributed by atoms with E-state index in [1.54, 1.807) is 18.2 Å². The van der Waals surface area contributed by atoms with Crippen LogP contribution in [0.2, 0.25) is 0 Å². The largest absolute Gasteiger partial charge is 0.397 e. The van der Waals surface area contributed by atoms with E-state index in [2.05, 4.69) is 0 Å². The standard InChI is InChI=1S/C12H11FN2S/c13-8-1-3-9(4-2-8)16-10-5-6-11(14)12(15)7-10/h1-7H,14-15H2. The second-order valence-electron chi connectivity index (χ2n) is 3.35. The fourth-order valence-corrected chi connectivity index (χ4v) is 2.12. The molecule has 4 heteroatoms. The van der Waals surface area contributed by atoms with Crippen molar-refractivity contribution in [3.63, 3.8) is 0 Å². The second kappa shape index (κ2) is 4.45. The normalized spacial score (nSPS) is 10.3. The minimum atomic E-state index is -0.235. The van der Waals surface area contributed by atoms with E-state index in [9.17, 15) is 4.39 Å². The Hall–Kier alpha value is -1.68. The smallest absolute Gasteiger partial charge is 0.123 e. The van der Waals surface area contributed by atoms with E-state index >= 15 is 0 Å². The highest BCUT2D eigenvalue weighted by Crippen LogP contribution is 2.30. The summed E-state index contributed by atoms with van der Waals surface area (Å²) in [7, 11) is 0. The quantitative estimate of drug-likeness (QED) is 0.785. The van der Waals surface area contributed by atoms with Gasteiger partial charge in [-0.3, -0.25) is 0 Å². The first-order valence-electron chi connectivity index (χ1n) is 4.73. The molecule has 0 aliphatic carbocycles. The molecule has 0 aliphatic heterocycles. The molecule has 82 valence electrons. The van der Waals surface area contributed by atoms with Crippen molar-refractivity contribution in [1.82, 2.24) is 0 Å². The summed E-state index contributed by atoms with van der Waals surface area (Å²) in [5.74, 6) is -0.235. The van der Waals surface area contributed by atoms with Crippen LogP contribution >= 0.6 is 11.8 Å². The fourth-order valence-electron chi connectivity index (χ4n) is 1.26. The molecule has 0 bridgehead atoms. The summed E-state index contributed by atoms with van der Waals surface area (Å²) in [6, 6.07) is 11.8. The fraction of sp³-hybridized carbons (Fsp3) is 0. The Labute approximate surface area is 97.5 Å². The molecule has 4 N–H and O–H groups in total. The van der Waals surface area contributed by atoms with Gasteiger partial charge in [0.2, 0.25) is 0 Å². The van der Waals surface area contributed by atoms with Crippen LogP contribution in [0.15, 0.2) is 52.3 Å². The molecule has 0 saturated carbocycles. The van der Waals surface area contributed by atoms with Crippen LogP contribution in [0, 0.1) is 5.82 Å². The maximum Gasteiger partial charge on any atom is 0.123 e. The molecule has 0 spiro atoms. The van der Waals surface area contributed by atoms with Crippen LogP contribution in [0.5, 0.6) is 0 Å². The summed E-state index contributed by atoms with van der Waals surface area (Å²) in [5, 5.41) is 0. The van der Waals surface area contributed by atoms with E-state index < -0.39 is 0 Å². The zero-order chi connectivity index (χ0) is 11.5. The molecule has 0 aliphatic rings. The maximum absolute atomic E-state index is 12.7. The van der Waals surface area contributed by atoms with Crippen molar-refractivity contribution in [2.24, 2.45) is 0 Å². The molecule has 0 aromatic heterocycles. The van der Waals surface area contributed by atoms with Crippen molar-refractivity contribution in [2.75, 3.05) is 11.5 Å². The number of benzene rings is 2. The van der Waals surface area contributed by atoms with Crippen LogP contribution < -0.4 is 11.5 Å². The minimum Gasteiger partial charge on any atom is -0.397 e. The lowest BCUT2D eigenvalue weighted by atomic mass is 10.3. The van der Waals surface area contributed by atoms with Gasteiger partial charge in [0.15, 0.2) is 0 Å². The molecule has 16 heavy (non-hydrogen) atoms. The lowest BCUT2D eigenvalue weighted by Crippen LogP contribution is -1.93. The van der Waals surface area contributed by atoms with Gasteiger partial charge >= 0.3 is 0 Å². The van der Waals surface area contributed by atoms with Crippen molar-refractivity contribution < 1.29 is 4.39 Å². The van der Waals surface area contributed by atoms with Crippen LogP contribution in [0.4, 0.5) is 15.8 Å². The SMILES string of the molecule is Nc1ccc(Sc2ccc(F)cc2)cc1N. The van der Waals surface area contributed by atoms with Crippen LogP contribution in [0.1, 0.15) is 0 Å². The number of anilines is 2. The van der Waals surface area contributed by atoms with Gasteiger partial charge in [0.25, 0.3) is 0 Å². The molecule has 2 rings (SSSR count). The third-order valence-corrected chi connectivity index (χ3v) is 3.11. The Balaban J connectivity index is 2.20. The van der Waals surface area contributed by atoms with Gasteiger partial charge in [0, 0.05) is 9.79 Å². The molecule has 0 atom stereocenters. The van der Waals surface area contributed by atoms with Gasteiger partial charge in [-0.1, -0.05) is 11.8 Å². The summed E-state index contributed by atoms with van der Waals surface area (Å²) in [4.78, 5) is 1.95. The summed E-state index contributed by atoms with van der Waals surface area (Å²) in [5.41, 5.74) is 12.5. The van der Waals surface area contributed by atoms with E-state index in [1.165, 1.54) is 23.9 Å². The highest BCUT2D eigenvalue weighted by molar-refractivity contribution is 7.99. The molecule has 0 fully saturated rings. The summed E-state index contributed by atoms with van der Waals surface area (Å²) >= 11 is 1.52. The molecule has 0 amide bonds. The van der Waals surface area contributed by atoms with Gasteiger partial charge in [-0.2, -0.15) is 0 Å². The molecular formula is C12H11FN2S. The van der Waals surface area contributed by atoms with E-state index in [0.717, 1.165) is 9.79 Å². The van der Waals surface area contributed by atoms with E-state index in [0.29, 0.717) is 11.4 Å². The second-order valence-corrected chi connectivity index (χ2v) is 4.49. The summed E-state index contributed by atoms with van der Waals surface area (Å²) < 4.78 is 12.7. The zero-order valence-electron chi connectivity index (χ0n) is 8.48. The number of nitrogens with two attached hydrogens (primary N) is 2. The Morgan fingerprint density at radius 3 is 2.06 bits per heavy atom. The van der Waals surface area contributed by atoms with Crippen molar-refractivity contribution in [3.05, 3.63) is 48.3 Å². The highest BCUT2D eigenvalue weighted by Gasteiger charge is 2.00. The minimum absolute atomic E-state index is 0.235. The Morgan fingerprint density at radius 1 is 0.812 bits per heavy atom. The molecule has 2 nitrogen and oxygen atoms in total. The number of nitrogen functional groups attached to an aromatic ring is 2. The van der Waals surface area contributed by atoms with E-state index in [4.69, 9.17) is 11.5 Å². The molecule has 0 heterocycles. The molecule has 0 unspecified atom stereocenters. The predicted molar refractivity (Wildman–Crippen MR) is 65.8 cm³/mol. The Morgan fingerprint density at radius 2 is 1.44 bits per heavy atom. The first kappa shape index (κ1) is 10.8. The molecule has 0 saturated heterocycles. The van der Waals surface area contributed by atoms with Crippen LogP contribution in [0.3, 0.4) is 0 Å². The van der Waals surface area contributed by atoms with Gasteiger partial charge in [0.1, 0.15) is 5.82 Å². The predicted octanol–water partition coefficient (Wildman–Crippen LogP) is 3.14. The number of hydrogen-bond donors (Lipinski definition) is 2. The monoisotopic (exact) mass is 234 g/mol. The molecule has 2 aromatic rings. The van der Waals surface area contributed by atoms with Gasteiger partial charge < -0.3 is 11.5 Å². The Bertz CT molecular complexity index is 497. The number of halogens is 1. The van der Waals surface area contributed by atoms with Crippen molar-refractivity contribution in [3.8, 4) is 0 Å². The lowest BCUT2D eigenvalue weighted by Gasteiger charge is -2.04. The van der Waals surface area contributed by atoms with Crippen molar-refractivity contribution in [2.45, 2.75) is 9.79 Å². The molecule has 0 radical (unpaired) electrons. The Kier molecular flexibility index (Phi) is 3.01. The third kappa shape index (κ3) is 2.46. The number of rotatable bonds is 2. The summed E-state index contributed by atoms with van der Waals surface area (Å²) in [6.45, 7) is 0. The first-order valence-corrected chi connectivity index (χ1v) is 5.55. The number of hydrogen-bond acceptors (Lipinski definition) is 3. The van der Waals surface area contributed by atoms with Crippen LogP contribution in [0.25, 0.3) is 0 Å². The van der Waals surface area contributed by atoms with Crippen molar-refractivity contribution in [1.29, 1.82) is 0 Å². The maximum atomic E-state index is 12.7. The average Bonchev–Trinajstić information content (AvgIpc) is 2.27. The topological polar surface area (TPSA) is 52.0 Å². The van der Waals surface area contributed by atoms with Gasteiger partial charge in [0.05, 0.1) is 11.4 Å². The lowest BCUT2D eigenvalue weighted by molar-refractivity contribution is 0.626. The summed E-state index contributed by atoms with van der Waals surface area (Å²) in [6.07, 6.45) is 0.